The first-order valence-corrected chi connectivity index (χ1v) is 7.42. The molecule has 100 valence electrons. The Bertz CT molecular complexity index is 390. The second kappa shape index (κ2) is 4.57. The van der Waals surface area contributed by atoms with Gasteiger partial charge in [-0.05, 0) is 24.7 Å². The number of hydrogen-bond donors (Lipinski definition) is 2. The summed E-state index contributed by atoms with van der Waals surface area (Å²) in [6.07, 6.45) is 1.68. The Labute approximate surface area is 103 Å². The van der Waals surface area contributed by atoms with Crippen molar-refractivity contribution in [3.8, 4) is 0 Å². The van der Waals surface area contributed by atoms with Crippen molar-refractivity contribution >= 4 is 16.0 Å². The van der Waals surface area contributed by atoms with E-state index in [-0.39, 0.29) is 17.7 Å². The summed E-state index contributed by atoms with van der Waals surface area (Å²) in [6, 6.07) is 0. The van der Waals surface area contributed by atoms with Crippen LogP contribution in [-0.4, -0.2) is 31.8 Å². The summed E-state index contributed by atoms with van der Waals surface area (Å²) < 4.78 is 25.7. The van der Waals surface area contributed by atoms with Gasteiger partial charge in [0.1, 0.15) is 0 Å². The lowest BCUT2D eigenvalue weighted by Gasteiger charge is -2.18. The molecule has 0 spiro atoms. The van der Waals surface area contributed by atoms with Gasteiger partial charge in [-0.3, -0.25) is 4.79 Å². The molecule has 0 amide bonds. The lowest BCUT2D eigenvalue weighted by Crippen LogP contribution is -2.36. The van der Waals surface area contributed by atoms with Crippen LogP contribution >= 0.6 is 0 Å². The molecule has 5 nitrogen and oxygen atoms in total. The van der Waals surface area contributed by atoms with Crippen molar-refractivity contribution in [1.82, 2.24) is 4.72 Å². The van der Waals surface area contributed by atoms with Crippen LogP contribution in [0.5, 0.6) is 0 Å². The van der Waals surface area contributed by atoms with Gasteiger partial charge in [0.15, 0.2) is 0 Å². The zero-order valence-corrected chi connectivity index (χ0v) is 11.4. The maximum absolute atomic E-state index is 11.7. The molecule has 0 heterocycles. The molecule has 0 bridgehead atoms. The van der Waals surface area contributed by atoms with Gasteiger partial charge in [0.05, 0.1) is 11.2 Å². The minimum absolute atomic E-state index is 0.0226. The van der Waals surface area contributed by atoms with E-state index in [1.54, 1.807) is 0 Å². The van der Waals surface area contributed by atoms with Gasteiger partial charge in [-0.2, -0.15) is 0 Å². The molecule has 1 saturated carbocycles. The van der Waals surface area contributed by atoms with Gasteiger partial charge in [0, 0.05) is 6.54 Å². The third-order valence-corrected chi connectivity index (χ3v) is 4.38. The van der Waals surface area contributed by atoms with Crippen molar-refractivity contribution in [3.63, 3.8) is 0 Å². The summed E-state index contributed by atoms with van der Waals surface area (Å²) in [6.45, 7) is 5.95. The molecule has 0 radical (unpaired) electrons. The first-order valence-electron chi connectivity index (χ1n) is 5.77. The first-order chi connectivity index (χ1) is 7.56. The van der Waals surface area contributed by atoms with E-state index >= 15 is 0 Å². The Hall–Kier alpha value is -0.620. The second-order valence-electron chi connectivity index (χ2n) is 6.04. The number of carboxylic acid groups (broad SMARTS) is 1. The van der Waals surface area contributed by atoms with Gasteiger partial charge >= 0.3 is 5.97 Å². The van der Waals surface area contributed by atoms with Crippen LogP contribution in [0.4, 0.5) is 0 Å². The fourth-order valence-corrected chi connectivity index (χ4v) is 2.90. The largest absolute Gasteiger partial charge is 0.481 e. The Balaban J connectivity index is 2.43. The van der Waals surface area contributed by atoms with Gasteiger partial charge in [-0.25, -0.2) is 13.1 Å². The quantitative estimate of drug-likeness (QED) is 0.754. The Morgan fingerprint density at radius 3 is 2.24 bits per heavy atom. The molecule has 0 aliphatic heterocycles. The van der Waals surface area contributed by atoms with Crippen LogP contribution < -0.4 is 4.72 Å². The third-order valence-electron chi connectivity index (χ3n) is 3.06. The highest BCUT2D eigenvalue weighted by Crippen LogP contribution is 2.45. The maximum atomic E-state index is 11.7. The van der Waals surface area contributed by atoms with Gasteiger partial charge in [0.25, 0.3) is 0 Å². The third kappa shape index (κ3) is 4.63. The molecule has 1 fully saturated rings. The van der Waals surface area contributed by atoms with Crippen LogP contribution in [0.3, 0.4) is 0 Å². The Kier molecular flexibility index (Phi) is 3.88. The molecule has 1 aliphatic carbocycles. The zero-order valence-electron chi connectivity index (χ0n) is 10.6. The predicted octanol–water partition coefficient (Wildman–Crippen LogP) is 1.21. The number of hydrogen-bond acceptors (Lipinski definition) is 3. The van der Waals surface area contributed by atoms with Gasteiger partial charge < -0.3 is 5.11 Å². The summed E-state index contributed by atoms with van der Waals surface area (Å²) >= 11 is 0. The summed E-state index contributed by atoms with van der Waals surface area (Å²) in [7, 11) is -3.35. The number of sulfonamides is 1. The number of aliphatic carboxylic acids is 1. The molecule has 0 unspecified atom stereocenters. The first kappa shape index (κ1) is 14.4. The zero-order chi connectivity index (χ0) is 13.3. The minimum Gasteiger partial charge on any atom is -0.481 e. The van der Waals surface area contributed by atoms with E-state index in [4.69, 9.17) is 5.11 Å². The predicted molar refractivity (Wildman–Crippen MR) is 65.2 cm³/mol. The van der Waals surface area contributed by atoms with Gasteiger partial charge in [0.2, 0.25) is 10.0 Å². The Morgan fingerprint density at radius 1 is 1.35 bits per heavy atom. The van der Waals surface area contributed by atoms with Crippen molar-refractivity contribution in [2.75, 3.05) is 12.3 Å². The molecule has 17 heavy (non-hydrogen) atoms. The van der Waals surface area contributed by atoms with Crippen molar-refractivity contribution < 1.29 is 18.3 Å². The average molecular weight is 263 g/mol. The van der Waals surface area contributed by atoms with Crippen molar-refractivity contribution in [2.24, 2.45) is 10.8 Å². The molecule has 2 N–H and O–H groups in total. The SMILES string of the molecule is CC(C)(C)CCS(=O)(=O)NCC1(C(=O)O)CC1. The highest BCUT2D eigenvalue weighted by atomic mass is 32.2. The van der Waals surface area contributed by atoms with Gasteiger partial charge in [-0.1, -0.05) is 20.8 Å². The highest BCUT2D eigenvalue weighted by Gasteiger charge is 2.50. The van der Waals surface area contributed by atoms with E-state index in [2.05, 4.69) is 4.72 Å². The molecular formula is C11H21NO4S. The van der Waals surface area contributed by atoms with E-state index < -0.39 is 21.4 Å². The molecular weight excluding hydrogens is 242 g/mol. The summed E-state index contributed by atoms with van der Waals surface area (Å²) in [5.41, 5.74) is -0.881. The van der Waals surface area contributed by atoms with E-state index in [0.717, 1.165) is 0 Å². The molecule has 0 aromatic carbocycles. The fraction of sp³-hybridized carbons (Fsp3) is 0.909. The number of carboxylic acids is 1. The van der Waals surface area contributed by atoms with E-state index in [1.807, 2.05) is 20.8 Å². The van der Waals surface area contributed by atoms with Crippen molar-refractivity contribution in [2.45, 2.75) is 40.0 Å². The molecule has 1 aliphatic rings. The highest BCUT2D eigenvalue weighted by molar-refractivity contribution is 7.89. The number of carbonyl (C=O) groups is 1. The Morgan fingerprint density at radius 2 is 1.88 bits per heavy atom. The molecule has 0 aromatic heterocycles. The molecule has 6 heteroatoms. The molecule has 0 aromatic rings. The standard InChI is InChI=1S/C11H21NO4S/c1-10(2,3)6-7-17(15,16)12-8-11(4-5-11)9(13)14/h12H,4-8H2,1-3H3,(H,13,14). The summed E-state index contributed by atoms with van der Waals surface area (Å²) in [5.74, 6) is -0.859. The van der Waals surface area contributed by atoms with Gasteiger partial charge in [-0.15, -0.1) is 0 Å². The monoisotopic (exact) mass is 263 g/mol. The molecule has 0 saturated heterocycles. The summed E-state index contributed by atoms with van der Waals surface area (Å²) in [5, 5.41) is 8.92. The minimum atomic E-state index is -3.35. The lowest BCUT2D eigenvalue weighted by molar-refractivity contribution is -0.143. The van der Waals surface area contributed by atoms with Crippen molar-refractivity contribution in [1.29, 1.82) is 0 Å². The fourth-order valence-electron chi connectivity index (χ4n) is 1.38. The van der Waals surface area contributed by atoms with Crippen LogP contribution in [0.25, 0.3) is 0 Å². The summed E-state index contributed by atoms with van der Waals surface area (Å²) in [4.78, 5) is 10.9. The number of nitrogens with one attached hydrogen (secondary N) is 1. The van der Waals surface area contributed by atoms with E-state index in [0.29, 0.717) is 19.3 Å². The van der Waals surface area contributed by atoms with Crippen LogP contribution in [-0.2, 0) is 14.8 Å². The molecule has 1 rings (SSSR count). The van der Waals surface area contributed by atoms with E-state index in [1.165, 1.54) is 0 Å². The number of rotatable bonds is 6. The normalized spacial score (nSPS) is 19.0. The topological polar surface area (TPSA) is 83.5 Å². The van der Waals surface area contributed by atoms with Crippen LogP contribution in [0.1, 0.15) is 40.0 Å². The second-order valence-corrected chi connectivity index (χ2v) is 7.96. The average Bonchev–Trinajstić information content (AvgIpc) is 2.92. The molecule has 0 atom stereocenters. The van der Waals surface area contributed by atoms with Crippen LogP contribution in [0.15, 0.2) is 0 Å². The lowest BCUT2D eigenvalue weighted by atomic mass is 9.94. The smallest absolute Gasteiger partial charge is 0.310 e. The van der Waals surface area contributed by atoms with E-state index in [9.17, 15) is 13.2 Å². The van der Waals surface area contributed by atoms with Crippen LogP contribution in [0.2, 0.25) is 0 Å². The van der Waals surface area contributed by atoms with Crippen molar-refractivity contribution in [3.05, 3.63) is 0 Å². The van der Waals surface area contributed by atoms with Crippen LogP contribution in [0, 0.1) is 10.8 Å². The maximum Gasteiger partial charge on any atom is 0.310 e.